The molecule has 92 valence electrons. The SMILES string of the molecule is CC(C)Cn1c(=S)[nH]c2cc(C(F)F)ccc21. The van der Waals surface area contributed by atoms with Gasteiger partial charge in [-0.25, -0.2) is 8.78 Å². The molecule has 0 spiro atoms. The van der Waals surface area contributed by atoms with Gasteiger partial charge in [-0.15, -0.1) is 0 Å². The van der Waals surface area contributed by atoms with Gasteiger partial charge in [0.05, 0.1) is 11.0 Å². The molecule has 1 aromatic heterocycles. The van der Waals surface area contributed by atoms with Crippen LogP contribution in [0.15, 0.2) is 18.2 Å². The van der Waals surface area contributed by atoms with Gasteiger partial charge >= 0.3 is 0 Å². The molecular weight excluding hydrogens is 242 g/mol. The van der Waals surface area contributed by atoms with Crippen LogP contribution in [-0.4, -0.2) is 9.55 Å². The topological polar surface area (TPSA) is 20.7 Å². The zero-order valence-corrected chi connectivity index (χ0v) is 10.5. The minimum absolute atomic E-state index is 0.0189. The summed E-state index contributed by atoms with van der Waals surface area (Å²) in [6.07, 6.45) is -2.45. The number of aromatic amines is 1. The molecule has 1 N–H and O–H groups in total. The first kappa shape index (κ1) is 12.2. The molecule has 1 heterocycles. The zero-order valence-electron chi connectivity index (χ0n) is 9.71. The summed E-state index contributed by atoms with van der Waals surface area (Å²) in [7, 11) is 0. The minimum Gasteiger partial charge on any atom is -0.331 e. The van der Waals surface area contributed by atoms with Crippen LogP contribution in [0.2, 0.25) is 0 Å². The van der Waals surface area contributed by atoms with Crippen molar-refractivity contribution in [2.45, 2.75) is 26.8 Å². The maximum absolute atomic E-state index is 12.6. The summed E-state index contributed by atoms with van der Waals surface area (Å²) >= 11 is 5.20. The normalized spacial score (nSPS) is 11.9. The second-order valence-corrected chi connectivity index (χ2v) is 4.90. The highest BCUT2D eigenvalue weighted by molar-refractivity contribution is 7.71. The molecule has 0 amide bonds. The number of aromatic nitrogens is 2. The van der Waals surface area contributed by atoms with Crippen molar-refractivity contribution >= 4 is 23.3 Å². The highest BCUT2D eigenvalue weighted by Gasteiger charge is 2.11. The predicted molar refractivity (Wildman–Crippen MR) is 66.9 cm³/mol. The summed E-state index contributed by atoms with van der Waals surface area (Å²) in [5, 5.41) is 0. The van der Waals surface area contributed by atoms with Gasteiger partial charge in [-0.2, -0.15) is 0 Å². The maximum Gasteiger partial charge on any atom is 0.263 e. The molecule has 0 bridgehead atoms. The molecule has 0 saturated carbocycles. The third-order valence-electron chi connectivity index (χ3n) is 2.60. The largest absolute Gasteiger partial charge is 0.331 e. The lowest BCUT2D eigenvalue weighted by molar-refractivity contribution is 0.151. The summed E-state index contributed by atoms with van der Waals surface area (Å²) in [6, 6.07) is 4.62. The van der Waals surface area contributed by atoms with Crippen LogP contribution in [0.3, 0.4) is 0 Å². The van der Waals surface area contributed by atoms with Gasteiger partial charge in [-0.05, 0) is 30.3 Å². The van der Waals surface area contributed by atoms with Crippen molar-refractivity contribution in [2.24, 2.45) is 5.92 Å². The Labute approximate surface area is 103 Å². The lowest BCUT2D eigenvalue weighted by Crippen LogP contribution is -2.04. The molecule has 2 nitrogen and oxygen atoms in total. The van der Waals surface area contributed by atoms with Gasteiger partial charge in [0.1, 0.15) is 0 Å². The van der Waals surface area contributed by atoms with Gasteiger partial charge < -0.3 is 9.55 Å². The zero-order chi connectivity index (χ0) is 12.6. The molecule has 0 aliphatic carbocycles. The molecule has 0 radical (unpaired) electrons. The smallest absolute Gasteiger partial charge is 0.263 e. The van der Waals surface area contributed by atoms with Crippen LogP contribution in [0.25, 0.3) is 11.0 Å². The van der Waals surface area contributed by atoms with E-state index in [9.17, 15) is 8.78 Å². The van der Waals surface area contributed by atoms with Gasteiger partial charge in [-0.3, -0.25) is 0 Å². The highest BCUT2D eigenvalue weighted by atomic mass is 32.1. The molecule has 17 heavy (non-hydrogen) atoms. The molecule has 2 rings (SSSR count). The number of nitrogens with zero attached hydrogens (tertiary/aromatic N) is 1. The fourth-order valence-corrected chi connectivity index (χ4v) is 2.15. The fraction of sp³-hybridized carbons (Fsp3) is 0.417. The molecule has 0 atom stereocenters. The van der Waals surface area contributed by atoms with Crippen LogP contribution in [0, 0.1) is 10.7 Å². The van der Waals surface area contributed by atoms with E-state index < -0.39 is 6.43 Å². The van der Waals surface area contributed by atoms with E-state index in [4.69, 9.17) is 12.2 Å². The summed E-state index contributed by atoms with van der Waals surface area (Å²) in [5.41, 5.74) is 1.58. The first-order valence-electron chi connectivity index (χ1n) is 5.49. The number of hydrogen-bond acceptors (Lipinski definition) is 1. The molecule has 0 aliphatic heterocycles. The van der Waals surface area contributed by atoms with Crippen LogP contribution in [0.5, 0.6) is 0 Å². The summed E-state index contributed by atoms with van der Waals surface area (Å²) in [4.78, 5) is 2.97. The second-order valence-electron chi connectivity index (χ2n) is 4.51. The van der Waals surface area contributed by atoms with E-state index in [-0.39, 0.29) is 5.56 Å². The van der Waals surface area contributed by atoms with E-state index in [1.54, 1.807) is 6.07 Å². The molecule has 0 fully saturated rings. The van der Waals surface area contributed by atoms with Crippen molar-refractivity contribution in [1.82, 2.24) is 9.55 Å². The lowest BCUT2D eigenvalue weighted by atomic mass is 10.2. The Morgan fingerprint density at radius 2 is 2.06 bits per heavy atom. The molecule has 0 saturated heterocycles. The van der Waals surface area contributed by atoms with Gasteiger partial charge in [0, 0.05) is 12.1 Å². The van der Waals surface area contributed by atoms with Crippen molar-refractivity contribution in [3.05, 3.63) is 28.5 Å². The van der Waals surface area contributed by atoms with Crippen molar-refractivity contribution in [1.29, 1.82) is 0 Å². The van der Waals surface area contributed by atoms with E-state index in [1.807, 2.05) is 4.57 Å². The number of imidazole rings is 1. The van der Waals surface area contributed by atoms with Crippen molar-refractivity contribution in [3.63, 3.8) is 0 Å². The molecule has 1 aromatic carbocycles. The van der Waals surface area contributed by atoms with Crippen molar-refractivity contribution < 1.29 is 8.78 Å². The van der Waals surface area contributed by atoms with Crippen LogP contribution in [0.4, 0.5) is 8.78 Å². The molecule has 5 heteroatoms. The Hall–Kier alpha value is -1.23. The van der Waals surface area contributed by atoms with Gasteiger partial charge in [-0.1, -0.05) is 19.9 Å². The van der Waals surface area contributed by atoms with Crippen molar-refractivity contribution in [3.8, 4) is 0 Å². The van der Waals surface area contributed by atoms with Crippen LogP contribution in [-0.2, 0) is 6.54 Å². The number of H-pyrrole nitrogens is 1. The number of hydrogen-bond donors (Lipinski definition) is 1. The van der Waals surface area contributed by atoms with Crippen LogP contribution < -0.4 is 0 Å². The number of rotatable bonds is 3. The third kappa shape index (κ3) is 2.39. The third-order valence-corrected chi connectivity index (χ3v) is 2.92. The van der Waals surface area contributed by atoms with E-state index in [2.05, 4.69) is 18.8 Å². The number of nitrogens with one attached hydrogen (secondary N) is 1. The fourth-order valence-electron chi connectivity index (χ4n) is 1.86. The Morgan fingerprint density at radius 3 is 2.65 bits per heavy atom. The lowest BCUT2D eigenvalue weighted by Gasteiger charge is -2.07. The quantitative estimate of drug-likeness (QED) is 0.812. The second kappa shape index (κ2) is 4.56. The minimum atomic E-state index is -2.45. The highest BCUT2D eigenvalue weighted by Crippen LogP contribution is 2.24. The van der Waals surface area contributed by atoms with E-state index >= 15 is 0 Å². The predicted octanol–water partition coefficient (Wildman–Crippen LogP) is 4.29. The van der Waals surface area contributed by atoms with E-state index in [0.29, 0.717) is 16.2 Å². The summed E-state index contributed by atoms with van der Waals surface area (Å²) < 4.78 is 27.7. The first-order valence-corrected chi connectivity index (χ1v) is 5.90. The standard InChI is InChI=1S/C12H14F2N2S/c1-7(2)6-16-10-4-3-8(11(13)14)5-9(10)15-12(16)17/h3-5,7,11H,6H2,1-2H3,(H,15,17). The molecule has 0 unspecified atom stereocenters. The van der Waals surface area contributed by atoms with Gasteiger partial charge in [0.15, 0.2) is 4.77 Å². The number of benzene rings is 1. The first-order chi connectivity index (χ1) is 7.99. The van der Waals surface area contributed by atoms with Gasteiger partial charge in [0.2, 0.25) is 0 Å². The number of halogens is 2. The Balaban J connectivity index is 2.56. The Kier molecular flexibility index (Phi) is 3.28. The monoisotopic (exact) mass is 256 g/mol. The summed E-state index contributed by atoms with van der Waals surface area (Å²) in [5.74, 6) is 0.454. The summed E-state index contributed by atoms with van der Waals surface area (Å²) in [6.45, 7) is 4.97. The molecule has 2 aromatic rings. The van der Waals surface area contributed by atoms with Crippen LogP contribution in [0.1, 0.15) is 25.8 Å². The maximum atomic E-state index is 12.6. The van der Waals surface area contributed by atoms with E-state index in [1.165, 1.54) is 12.1 Å². The van der Waals surface area contributed by atoms with Crippen molar-refractivity contribution in [2.75, 3.05) is 0 Å². The average molecular weight is 256 g/mol. The molecule has 0 aliphatic rings. The Bertz CT molecular complexity index is 584. The number of fused-ring (bicyclic) bond motifs is 1. The average Bonchev–Trinajstić information content (AvgIpc) is 2.54. The van der Waals surface area contributed by atoms with E-state index in [0.717, 1.165) is 12.1 Å². The Morgan fingerprint density at radius 1 is 1.35 bits per heavy atom. The van der Waals surface area contributed by atoms with Gasteiger partial charge in [0.25, 0.3) is 6.43 Å². The molecular formula is C12H14F2N2S. The number of alkyl halides is 2. The van der Waals surface area contributed by atoms with Crippen LogP contribution >= 0.6 is 12.2 Å².